The van der Waals surface area contributed by atoms with Crippen molar-refractivity contribution in [3.8, 4) is 5.75 Å². The fraction of sp³-hybridized carbons (Fsp3) is 0.273. The van der Waals surface area contributed by atoms with E-state index in [4.69, 9.17) is 4.74 Å². The Kier molecular flexibility index (Phi) is 5.17. The second-order valence-corrected chi connectivity index (χ2v) is 6.44. The highest BCUT2D eigenvalue weighted by molar-refractivity contribution is 5.87. The maximum atomic E-state index is 6.05. The molecule has 0 aliphatic heterocycles. The Morgan fingerprint density at radius 1 is 0.833 bits per heavy atom. The number of hydrogen-bond donors (Lipinski definition) is 1. The minimum absolute atomic E-state index is 0.163. The van der Waals surface area contributed by atoms with Crippen molar-refractivity contribution in [1.82, 2.24) is 5.32 Å². The summed E-state index contributed by atoms with van der Waals surface area (Å²) in [4.78, 5) is 0. The zero-order valence-corrected chi connectivity index (χ0v) is 14.6. The maximum Gasteiger partial charge on any atom is 0.124 e. The van der Waals surface area contributed by atoms with E-state index in [2.05, 4.69) is 92.8 Å². The lowest BCUT2D eigenvalue weighted by Gasteiger charge is -2.19. The van der Waals surface area contributed by atoms with E-state index in [0.717, 1.165) is 12.3 Å². The monoisotopic (exact) mass is 319 g/mol. The molecule has 0 saturated carbocycles. The highest BCUT2D eigenvalue weighted by Crippen LogP contribution is 2.29. The molecule has 2 heteroatoms. The van der Waals surface area contributed by atoms with Crippen molar-refractivity contribution < 1.29 is 4.74 Å². The molecule has 0 heterocycles. The van der Waals surface area contributed by atoms with E-state index in [1.54, 1.807) is 0 Å². The van der Waals surface area contributed by atoms with Gasteiger partial charge in [-0.15, -0.1) is 0 Å². The van der Waals surface area contributed by atoms with Crippen LogP contribution in [0.25, 0.3) is 10.8 Å². The van der Waals surface area contributed by atoms with Crippen molar-refractivity contribution in [3.05, 3.63) is 77.9 Å². The number of rotatable bonds is 6. The molecule has 0 aliphatic carbocycles. The molecule has 0 aliphatic rings. The van der Waals surface area contributed by atoms with Gasteiger partial charge in [0.1, 0.15) is 5.75 Å². The molecule has 3 aromatic carbocycles. The molecule has 0 aromatic heterocycles. The molecule has 0 bridgehead atoms. The van der Waals surface area contributed by atoms with E-state index in [-0.39, 0.29) is 12.1 Å². The summed E-state index contributed by atoms with van der Waals surface area (Å²) in [5.41, 5.74) is 2.52. The maximum absolute atomic E-state index is 6.05. The first-order valence-electron chi connectivity index (χ1n) is 8.61. The predicted octanol–water partition coefficient (Wildman–Crippen LogP) is 5.48. The molecule has 0 amide bonds. The van der Waals surface area contributed by atoms with Gasteiger partial charge >= 0.3 is 0 Å². The van der Waals surface area contributed by atoms with Gasteiger partial charge in [0.05, 0.1) is 6.10 Å². The second-order valence-electron chi connectivity index (χ2n) is 6.44. The molecule has 0 radical (unpaired) electrons. The van der Waals surface area contributed by atoms with E-state index in [1.165, 1.54) is 21.9 Å². The van der Waals surface area contributed by atoms with Crippen LogP contribution in [0.5, 0.6) is 5.75 Å². The van der Waals surface area contributed by atoms with Gasteiger partial charge in [-0.05, 0) is 43.2 Å². The van der Waals surface area contributed by atoms with Crippen LogP contribution in [0.15, 0.2) is 66.7 Å². The van der Waals surface area contributed by atoms with Crippen LogP contribution in [0.3, 0.4) is 0 Å². The molecule has 0 fully saturated rings. The summed E-state index contributed by atoms with van der Waals surface area (Å²) in [6, 6.07) is 23.5. The molecule has 2 nitrogen and oxygen atoms in total. The van der Waals surface area contributed by atoms with Crippen molar-refractivity contribution in [3.63, 3.8) is 0 Å². The minimum atomic E-state index is 0.163. The molecular formula is C22H25NO. The highest BCUT2D eigenvalue weighted by atomic mass is 16.5. The lowest BCUT2D eigenvalue weighted by Crippen LogP contribution is -2.19. The largest absolute Gasteiger partial charge is 0.491 e. The normalized spacial score (nSPS) is 12.5. The minimum Gasteiger partial charge on any atom is -0.491 e. The van der Waals surface area contributed by atoms with Crippen molar-refractivity contribution in [1.29, 1.82) is 0 Å². The molecule has 24 heavy (non-hydrogen) atoms. The van der Waals surface area contributed by atoms with Gasteiger partial charge in [0.2, 0.25) is 0 Å². The Morgan fingerprint density at radius 3 is 2.29 bits per heavy atom. The van der Waals surface area contributed by atoms with Crippen molar-refractivity contribution in [2.24, 2.45) is 0 Å². The summed E-state index contributed by atoms with van der Waals surface area (Å²) in [7, 11) is 0. The van der Waals surface area contributed by atoms with Crippen molar-refractivity contribution in [2.75, 3.05) is 0 Å². The summed E-state index contributed by atoms with van der Waals surface area (Å²) in [5, 5.41) is 6.14. The molecule has 1 N–H and O–H groups in total. The molecule has 3 rings (SSSR count). The number of ether oxygens (including phenoxy) is 1. The second kappa shape index (κ2) is 7.50. The zero-order valence-electron chi connectivity index (χ0n) is 14.6. The number of hydrogen-bond acceptors (Lipinski definition) is 2. The van der Waals surface area contributed by atoms with Crippen LogP contribution in [0.1, 0.15) is 37.9 Å². The van der Waals surface area contributed by atoms with Crippen molar-refractivity contribution >= 4 is 10.8 Å². The summed E-state index contributed by atoms with van der Waals surface area (Å²) in [5.74, 6) is 0.969. The third-order valence-electron chi connectivity index (χ3n) is 4.24. The molecule has 0 saturated heterocycles. The predicted molar refractivity (Wildman–Crippen MR) is 101 cm³/mol. The number of benzene rings is 3. The summed E-state index contributed by atoms with van der Waals surface area (Å²) >= 11 is 0. The van der Waals surface area contributed by atoms with Crippen LogP contribution in [-0.2, 0) is 6.54 Å². The number of nitrogens with one attached hydrogen (secondary N) is 1. The SMILES string of the molecule is CC(C)Oc1ccc2ccccc2c1CN[C@@H](C)c1ccccc1. The van der Waals surface area contributed by atoms with E-state index < -0.39 is 0 Å². The summed E-state index contributed by atoms with van der Waals surface area (Å²) < 4.78 is 6.05. The molecular weight excluding hydrogens is 294 g/mol. The first kappa shape index (κ1) is 16.5. The van der Waals surface area contributed by atoms with Gasteiger partial charge in [0.15, 0.2) is 0 Å². The van der Waals surface area contributed by atoms with Gasteiger partial charge in [0, 0.05) is 18.2 Å². The topological polar surface area (TPSA) is 21.3 Å². The lowest BCUT2D eigenvalue weighted by atomic mass is 10.0. The lowest BCUT2D eigenvalue weighted by molar-refractivity contribution is 0.239. The Labute approximate surface area is 144 Å². The van der Waals surface area contributed by atoms with Gasteiger partial charge in [-0.25, -0.2) is 0 Å². The van der Waals surface area contributed by atoms with Crippen LogP contribution < -0.4 is 10.1 Å². The van der Waals surface area contributed by atoms with Crippen LogP contribution in [0, 0.1) is 0 Å². The summed E-state index contributed by atoms with van der Waals surface area (Å²) in [6.07, 6.45) is 0.163. The first-order valence-corrected chi connectivity index (χ1v) is 8.61. The van der Waals surface area contributed by atoms with E-state index >= 15 is 0 Å². The fourth-order valence-corrected chi connectivity index (χ4v) is 2.98. The van der Waals surface area contributed by atoms with Gasteiger partial charge in [-0.2, -0.15) is 0 Å². The number of fused-ring (bicyclic) bond motifs is 1. The summed E-state index contributed by atoms with van der Waals surface area (Å²) in [6.45, 7) is 7.11. The Balaban J connectivity index is 1.89. The van der Waals surface area contributed by atoms with Crippen LogP contribution in [0.4, 0.5) is 0 Å². The molecule has 124 valence electrons. The van der Waals surface area contributed by atoms with Gasteiger partial charge in [-0.3, -0.25) is 0 Å². The average molecular weight is 319 g/mol. The van der Waals surface area contributed by atoms with Crippen LogP contribution in [-0.4, -0.2) is 6.10 Å². The van der Waals surface area contributed by atoms with E-state index in [9.17, 15) is 0 Å². The quantitative estimate of drug-likeness (QED) is 0.650. The Morgan fingerprint density at radius 2 is 1.54 bits per heavy atom. The molecule has 0 unspecified atom stereocenters. The van der Waals surface area contributed by atoms with Crippen LogP contribution in [0.2, 0.25) is 0 Å². The Hall–Kier alpha value is -2.32. The van der Waals surface area contributed by atoms with Gasteiger partial charge in [0.25, 0.3) is 0 Å². The first-order chi connectivity index (χ1) is 11.6. The van der Waals surface area contributed by atoms with Gasteiger partial charge in [-0.1, -0.05) is 60.7 Å². The molecule has 3 aromatic rings. The highest BCUT2D eigenvalue weighted by Gasteiger charge is 2.12. The van der Waals surface area contributed by atoms with E-state index in [1.807, 2.05) is 0 Å². The standard InChI is InChI=1S/C22H25NO/c1-16(2)24-22-14-13-19-11-7-8-12-20(19)21(22)15-23-17(3)18-9-5-4-6-10-18/h4-14,16-17,23H,15H2,1-3H3/t17-/m0/s1. The molecule has 1 atom stereocenters. The van der Waals surface area contributed by atoms with Crippen molar-refractivity contribution in [2.45, 2.75) is 39.5 Å². The third kappa shape index (κ3) is 3.77. The van der Waals surface area contributed by atoms with Crippen LogP contribution >= 0.6 is 0 Å². The molecule has 0 spiro atoms. The van der Waals surface area contributed by atoms with E-state index in [0.29, 0.717) is 0 Å². The fourth-order valence-electron chi connectivity index (χ4n) is 2.98. The Bertz CT molecular complexity index is 795. The third-order valence-corrected chi connectivity index (χ3v) is 4.24. The average Bonchev–Trinajstić information content (AvgIpc) is 2.60. The zero-order chi connectivity index (χ0) is 16.9. The van der Waals surface area contributed by atoms with Gasteiger partial charge < -0.3 is 10.1 Å². The smallest absolute Gasteiger partial charge is 0.124 e.